The van der Waals surface area contributed by atoms with Gasteiger partial charge >= 0.3 is 0 Å². The van der Waals surface area contributed by atoms with E-state index in [0.29, 0.717) is 42.8 Å². The minimum atomic E-state index is -0.200. The number of ether oxygens (including phenoxy) is 1. The number of nitrogens with zero attached hydrogens (tertiary/aromatic N) is 2. The minimum absolute atomic E-state index is 0.0293. The van der Waals surface area contributed by atoms with Gasteiger partial charge in [-0.15, -0.1) is 0 Å². The van der Waals surface area contributed by atoms with Gasteiger partial charge in [-0.3, -0.25) is 9.59 Å². The summed E-state index contributed by atoms with van der Waals surface area (Å²) >= 11 is 5.93. The van der Waals surface area contributed by atoms with Crippen LogP contribution in [0.1, 0.15) is 23.4 Å². The van der Waals surface area contributed by atoms with E-state index >= 15 is 0 Å². The molecular formula is C20H23ClN2O4. The molecule has 1 unspecified atom stereocenters. The minimum Gasteiger partial charge on any atom is -0.492 e. The summed E-state index contributed by atoms with van der Waals surface area (Å²) in [6, 6.07) is 10.5. The number of carbonyl (C=O) groups is 2. The molecule has 2 heterocycles. The molecular weight excluding hydrogens is 368 g/mol. The average molecular weight is 391 g/mol. The Labute approximate surface area is 163 Å². The summed E-state index contributed by atoms with van der Waals surface area (Å²) in [5, 5.41) is 0.612. The third-order valence-corrected chi connectivity index (χ3v) is 4.89. The van der Waals surface area contributed by atoms with Crippen molar-refractivity contribution in [3.63, 3.8) is 0 Å². The van der Waals surface area contributed by atoms with E-state index in [1.54, 1.807) is 41.1 Å². The van der Waals surface area contributed by atoms with Crippen LogP contribution in [0.3, 0.4) is 0 Å². The lowest BCUT2D eigenvalue weighted by Gasteiger charge is -2.33. The first-order chi connectivity index (χ1) is 13.0. The van der Waals surface area contributed by atoms with Crippen LogP contribution < -0.4 is 4.74 Å². The number of likely N-dealkylation sites (N-methyl/N-ethyl adjacent to an activating group) is 1. The molecule has 6 nitrogen and oxygen atoms in total. The molecule has 0 saturated carbocycles. The maximum absolute atomic E-state index is 12.7. The molecule has 0 radical (unpaired) electrons. The Morgan fingerprint density at radius 2 is 2.19 bits per heavy atom. The number of halogens is 1. The largest absolute Gasteiger partial charge is 0.492 e. The van der Waals surface area contributed by atoms with Gasteiger partial charge in [0.2, 0.25) is 5.91 Å². The second-order valence-electron chi connectivity index (χ2n) is 6.63. The lowest BCUT2D eigenvalue weighted by Crippen LogP contribution is -2.46. The molecule has 1 aliphatic heterocycles. The lowest BCUT2D eigenvalue weighted by molar-refractivity contribution is -0.135. The monoisotopic (exact) mass is 390 g/mol. The summed E-state index contributed by atoms with van der Waals surface area (Å²) < 4.78 is 10.8. The highest BCUT2D eigenvalue weighted by Gasteiger charge is 2.31. The Morgan fingerprint density at radius 1 is 1.33 bits per heavy atom. The first-order valence-electron chi connectivity index (χ1n) is 9.00. The predicted octanol–water partition coefficient (Wildman–Crippen LogP) is 3.32. The molecule has 1 atom stereocenters. The topological polar surface area (TPSA) is 63.0 Å². The van der Waals surface area contributed by atoms with Gasteiger partial charge in [0.05, 0.1) is 18.7 Å². The van der Waals surface area contributed by atoms with Gasteiger partial charge in [-0.2, -0.15) is 0 Å². The van der Waals surface area contributed by atoms with Crippen molar-refractivity contribution in [3.8, 4) is 5.75 Å². The van der Waals surface area contributed by atoms with Crippen LogP contribution in [0.5, 0.6) is 5.75 Å². The number of benzene rings is 1. The van der Waals surface area contributed by atoms with Crippen LogP contribution in [-0.4, -0.2) is 54.9 Å². The normalized spacial score (nSPS) is 16.8. The molecule has 1 aliphatic rings. The van der Waals surface area contributed by atoms with Crippen molar-refractivity contribution in [1.29, 1.82) is 0 Å². The SMILES string of the molecule is CN(CCOc1cccc(Cl)c1)C(=O)C1CCCN(C(=O)c2ccco2)C1. The summed E-state index contributed by atoms with van der Waals surface area (Å²) in [7, 11) is 1.76. The zero-order chi connectivity index (χ0) is 19.2. The summed E-state index contributed by atoms with van der Waals surface area (Å²) in [4.78, 5) is 28.5. The molecule has 27 heavy (non-hydrogen) atoms. The third-order valence-electron chi connectivity index (χ3n) is 4.66. The fourth-order valence-corrected chi connectivity index (χ4v) is 3.38. The van der Waals surface area contributed by atoms with E-state index in [1.807, 2.05) is 12.1 Å². The summed E-state index contributed by atoms with van der Waals surface area (Å²) in [5.74, 6) is 0.655. The highest BCUT2D eigenvalue weighted by Crippen LogP contribution is 2.21. The Bertz CT molecular complexity index is 778. The number of rotatable bonds is 6. The van der Waals surface area contributed by atoms with E-state index in [9.17, 15) is 9.59 Å². The van der Waals surface area contributed by atoms with Crippen molar-refractivity contribution >= 4 is 23.4 Å². The van der Waals surface area contributed by atoms with E-state index in [0.717, 1.165) is 12.8 Å². The van der Waals surface area contributed by atoms with E-state index in [2.05, 4.69) is 0 Å². The molecule has 0 N–H and O–H groups in total. The van der Waals surface area contributed by atoms with Crippen molar-refractivity contribution in [2.45, 2.75) is 12.8 Å². The highest BCUT2D eigenvalue weighted by atomic mass is 35.5. The maximum atomic E-state index is 12.7. The Kier molecular flexibility index (Phi) is 6.40. The van der Waals surface area contributed by atoms with Gasteiger partial charge in [-0.1, -0.05) is 17.7 Å². The van der Waals surface area contributed by atoms with Crippen molar-refractivity contribution in [2.24, 2.45) is 5.92 Å². The average Bonchev–Trinajstić information content (AvgIpc) is 3.21. The number of likely N-dealkylation sites (tertiary alicyclic amines) is 1. The predicted molar refractivity (Wildman–Crippen MR) is 102 cm³/mol. The quantitative estimate of drug-likeness (QED) is 0.759. The van der Waals surface area contributed by atoms with Crippen LogP contribution in [0, 0.1) is 5.92 Å². The van der Waals surface area contributed by atoms with Crippen LogP contribution in [0.4, 0.5) is 0 Å². The van der Waals surface area contributed by atoms with Crippen LogP contribution in [0.25, 0.3) is 0 Å². The van der Waals surface area contributed by atoms with Crippen LogP contribution in [-0.2, 0) is 4.79 Å². The zero-order valence-electron chi connectivity index (χ0n) is 15.3. The number of hydrogen-bond donors (Lipinski definition) is 0. The first-order valence-corrected chi connectivity index (χ1v) is 9.38. The number of amides is 2. The summed E-state index contributed by atoms with van der Waals surface area (Å²) in [5.41, 5.74) is 0. The smallest absolute Gasteiger partial charge is 0.289 e. The molecule has 7 heteroatoms. The zero-order valence-corrected chi connectivity index (χ0v) is 16.0. The number of carbonyl (C=O) groups excluding carboxylic acids is 2. The van der Waals surface area contributed by atoms with Crippen molar-refractivity contribution in [2.75, 3.05) is 33.3 Å². The Hall–Kier alpha value is -2.47. The molecule has 2 aromatic rings. The molecule has 2 amide bonds. The van der Waals surface area contributed by atoms with Gasteiger partial charge in [0.15, 0.2) is 5.76 Å². The molecule has 0 spiro atoms. The lowest BCUT2D eigenvalue weighted by atomic mass is 9.96. The van der Waals surface area contributed by atoms with Gasteiger partial charge in [0, 0.05) is 25.2 Å². The molecule has 144 valence electrons. The van der Waals surface area contributed by atoms with Crippen LogP contribution in [0.2, 0.25) is 5.02 Å². The molecule has 0 aliphatic carbocycles. The van der Waals surface area contributed by atoms with E-state index in [4.69, 9.17) is 20.8 Å². The van der Waals surface area contributed by atoms with Crippen molar-refractivity contribution < 1.29 is 18.7 Å². The van der Waals surface area contributed by atoms with E-state index in [1.165, 1.54) is 6.26 Å². The summed E-state index contributed by atoms with van der Waals surface area (Å²) in [6.07, 6.45) is 3.06. The van der Waals surface area contributed by atoms with Crippen molar-refractivity contribution in [1.82, 2.24) is 9.80 Å². The second-order valence-corrected chi connectivity index (χ2v) is 7.07. The van der Waals surface area contributed by atoms with Crippen LogP contribution >= 0.6 is 11.6 Å². The number of furan rings is 1. The van der Waals surface area contributed by atoms with Crippen molar-refractivity contribution in [3.05, 3.63) is 53.4 Å². The molecule has 1 fully saturated rings. The Morgan fingerprint density at radius 3 is 2.93 bits per heavy atom. The highest BCUT2D eigenvalue weighted by molar-refractivity contribution is 6.30. The molecule has 0 bridgehead atoms. The molecule has 1 aromatic carbocycles. The Balaban J connectivity index is 1.49. The fraction of sp³-hybridized carbons (Fsp3) is 0.400. The van der Waals surface area contributed by atoms with Gasteiger partial charge in [0.1, 0.15) is 12.4 Å². The van der Waals surface area contributed by atoms with Crippen LogP contribution in [0.15, 0.2) is 47.1 Å². The number of hydrogen-bond acceptors (Lipinski definition) is 4. The standard InChI is InChI=1S/C20H23ClN2O4/c1-22(10-12-26-17-7-2-6-16(21)13-17)19(24)15-5-3-9-23(14-15)20(25)18-8-4-11-27-18/h2,4,6-8,11,13,15H,3,5,9-10,12,14H2,1H3. The molecule has 3 rings (SSSR count). The second kappa shape index (κ2) is 8.95. The molecule has 1 aromatic heterocycles. The molecule has 1 saturated heterocycles. The van der Waals surface area contributed by atoms with E-state index in [-0.39, 0.29) is 17.7 Å². The van der Waals surface area contributed by atoms with Gasteiger partial charge in [-0.25, -0.2) is 0 Å². The van der Waals surface area contributed by atoms with E-state index < -0.39 is 0 Å². The number of piperidine rings is 1. The summed E-state index contributed by atoms with van der Waals surface area (Å²) in [6.45, 7) is 1.90. The van der Waals surface area contributed by atoms with Gasteiger partial charge in [0.25, 0.3) is 5.91 Å². The maximum Gasteiger partial charge on any atom is 0.289 e. The van der Waals surface area contributed by atoms with Gasteiger partial charge < -0.3 is 19.0 Å². The first kappa shape index (κ1) is 19.3. The van der Waals surface area contributed by atoms with Gasteiger partial charge in [-0.05, 0) is 43.2 Å². The fourth-order valence-electron chi connectivity index (χ4n) is 3.20. The third kappa shape index (κ3) is 5.04.